The first kappa shape index (κ1) is 9.24. The lowest BCUT2D eigenvalue weighted by Crippen LogP contribution is -2.19. The van der Waals surface area contributed by atoms with Crippen molar-refractivity contribution in [2.45, 2.75) is 12.5 Å². The predicted molar refractivity (Wildman–Crippen MR) is 51.4 cm³/mol. The van der Waals surface area contributed by atoms with Gasteiger partial charge in [-0.05, 0) is 17.7 Å². The van der Waals surface area contributed by atoms with Crippen molar-refractivity contribution in [2.75, 3.05) is 0 Å². The Hall–Kier alpha value is -0.850. The lowest BCUT2D eigenvalue weighted by Gasteiger charge is -2.01. The summed E-state index contributed by atoms with van der Waals surface area (Å²) in [6.07, 6.45) is 0.615. The summed E-state index contributed by atoms with van der Waals surface area (Å²) in [6.45, 7) is 0. The maximum absolute atomic E-state index is 8.47. The van der Waals surface area contributed by atoms with Crippen molar-refractivity contribution in [3.05, 3.63) is 34.3 Å². The smallest absolute Gasteiger partial charge is 0.0968 e. The SMILES string of the molecule is N#CC(N)Cc1ccc(Br)cc1. The highest BCUT2D eigenvalue weighted by molar-refractivity contribution is 9.10. The van der Waals surface area contributed by atoms with Gasteiger partial charge in [-0.3, -0.25) is 0 Å². The molecule has 0 heterocycles. The summed E-state index contributed by atoms with van der Waals surface area (Å²) in [5.74, 6) is 0. The van der Waals surface area contributed by atoms with Crippen LogP contribution in [0.1, 0.15) is 5.56 Å². The van der Waals surface area contributed by atoms with Crippen molar-refractivity contribution >= 4 is 15.9 Å². The van der Waals surface area contributed by atoms with Crippen molar-refractivity contribution < 1.29 is 0 Å². The van der Waals surface area contributed by atoms with E-state index in [1.165, 1.54) is 0 Å². The fourth-order valence-electron chi connectivity index (χ4n) is 0.920. The Morgan fingerprint density at radius 3 is 2.50 bits per heavy atom. The number of nitriles is 1. The van der Waals surface area contributed by atoms with E-state index in [1.807, 2.05) is 30.3 Å². The van der Waals surface area contributed by atoms with Gasteiger partial charge >= 0.3 is 0 Å². The van der Waals surface area contributed by atoms with E-state index in [-0.39, 0.29) is 0 Å². The van der Waals surface area contributed by atoms with E-state index >= 15 is 0 Å². The van der Waals surface area contributed by atoms with Gasteiger partial charge in [0, 0.05) is 10.9 Å². The third kappa shape index (κ3) is 2.65. The lowest BCUT2D eigenvalue weighted by atomic mass is 10.1. The molecule has 1 rings (SSSR count). The third-order valence-corrected chi connectivity index (χ3v) is 2.06. The molecule has 0 fully saturated rings. The van der Waals surface area contributed by atoms with Crippen LogP contribution in [0.3, 0.4) is 0 Å². The molecule has 0 aliphatic carbocycles. The molecule has 0 bridgehead atoms. The fraction of sp³-hybridized carbons (Fsp3) is 0.222. The molecule has 0 aromatic heterocycles. The van der Waals surface area contributed by atoms with Gasteiger partial charge in [0.15, 0.2) is 0 Å². The molecule has 0 saturated heterocycles. The molecule has 0 amide bonds. The molecular formula is C9H9BrN2. The van der Waals surface area contributed by atoms with Crippen LogP contribution in [-0.2, 0) is 6.42 Å². The molecule has 0 spiro atoms. The number of benzene rings is 1. The molecule has 2 nitrogen and oxygen atoms in total. The fourth-order valence-corrected chi connectivity index (χ4v) is 1.18. The number of rotatable bonds is 2. The molecule has 12 heavy (non-hydrogen) atoms. The largest absolute Gasteiger partial charge is 0.316 e. The van der Waals surface area contributed by atoms with Crippen LogP contribution in [0.15, 0.2) is 28.7 Å². The molecular weight excluding hydrogens is 216 g/mol. The zero-order valence-corrected chi connectivity index (χ0v) is 8.08. The Kier molecular flexibility index (Phi) is 3.27. The van der Waals surface area contributed by atoms with E-state index in [0.717, 1.165) is 10.0 Å². The van der Waals surface area contributed by atoms with Gasteiger partial charge in [0.2, 0.25) is 0 Å². The second kappa shape index (κ2) is 4.24. The second-order valence-electron chi connectivity index (χ2n) is 2.57. The summed E-state index contributed by atoms with van der Waals surface area (Å²) in [7, 11) is 0. The molecule has 0 aliphatic heterocycles. The van der Waals surface area contributed by atoms with Gasteiger partial charge in [-0.15, -0.1) is 0 Å². The van der Waals surface area contributed by atoms with E-state index in [1.54, 1.807) is 0 Å². The van der Waals surface area contributed by atoms with Gasteiger partial charge in [-0.1, -0.05) is 28.1 Å². The molecule has 0 aliphatic rings. The van der Waals surface area contributed by atoms with Crippen LogP contribution in [0.5, 0.6) is 0 Å². The van der Waals surface area contributed by atoms with Crippen LogP contribution in [-0.4, -0.2) is 6.04 Å². The van der Waals surface area contributed by atoms with Gasteiger partial charge in [0.1, 0.15) is 0 Å². The summed E-state index contributed by atoms with van der Waals surface area (Å²) in [5, 5.41) is 8.47. The van der Waals surface area contributed by atoms with E-state index in [9.17, 15) is 0 Å². The van der Waals surface area contributed by atoms with E-state index < -0.39 is 6.04 Å². The number of hydrogen-bond acceptors (Lipinski definition) is 2. The molecule has 62 valence electrons. The number of nitrogens with zero attached hydrogens (tertiary/aromatic N) is 1. The first-order valence-electron chi connectivity index (χ1n) is 3.62. The number of nitrogens with two attached hydrogens (primary N) is 1. The average molecular weight is 225 g/mol. The molecule has 1 aromatic rings. The number of hydrogen-bond donors (Lipinski definition) is 1. The summed E-state index contributed by atoms with van der Waals surface area (Å²) in [5.41, 5.74) is 6.56. The molecule has 3 heteroatoms. The maximum Gasteiger partial charge on any atom is 0.0968 e. The van der Waals surface area contributed by atoms with Crippen molar-refractivity contribution in [3.8, 4) is 6.07 Å². The molecule has 0 radical (unpaired) electrons. The summed E-state index contributed by atoms with van der Waals surface area (Å²) >= 11 is 3.33. The van der Waals surface area contributed by atoms with Crippen molar-refractivity contribution in [1.82, 2.24) is 0 Å². The van der Waals surface area contributed by atoms with Crippen LogP contribution in [0, 0.1) is 11.3 Å². The summed E-state index contributed by atoms with van der Waals surface area (Å²) in [6, 6.07) is 9.40. The highest BCUT2D eigenvalue weighted by Crippen LogP contribution is 2.11. The van der Waals surface area contributed by atoms with Crippen molar-refractivity contribution in [3.63, 3.8) is 0 Å². The highest BCUT2D eigenvalue weighted by atomic mass is 79.9. The Morgan fingerprint density at radius 2 is 2.00 bits per heavy atom. The summed E-state index contributed by atoms with van der Waals surface area (Å²) < 4.78 is 1.04. The molecule has 1 unspecified atom stereocenters. The Bertz CT molecular complexity index is 286. The van der Waals surface area contributed by atoms with Gasteiger partial charge in [-0.2, -0.15) is 5.26 Å². The summed E-state index contributed by atoms with van der Waals surface area (Å²) in [4.78, 5) is 0. The van der Waals surface area contributed by atoms with Gasteiger partial charge in [-0.25, -0.2) is 0 Å². The Balaban J connectivity index is 2.66. The first-order chi connectivity index (χ1) is 5.72. The zero-order chi connectivity index (χ0) is 8.97. The minimum absolute atomic E-state index is 0.397. The molecule has 2 N–H and O–H groups in total. The van der Waals surface area contributed by atoms with Crippen LogP contribution in [0.2, 0.25) is 0 Å². The van der Waals surface area contributed by atoms with Gasteiger partial charge in [0.05, 0.1) is 12.1 Å². The standard InChI is InChI=1S/C9H9BrN2/c10-8-3-1-7(2-4-8)5-9(12)6-11/h1-4,9H,5,12H2. The van der Waals surface area contributed by atoms with Gasteiger partial charge < -0.3 is 5.73 Å². The van der Waals surface area contributed by atoms with Crippen LogP contribution >= 0.6 is 15.9 Å². The maximum atomic E-state index is 8.47. The minimum Gasteiger partial charge on any atom is -0.316 e. The molecule has 1 atom stereocenters. The minimum atomic E-state index is -0.397. The Morgan fingerprint density at radius 1 is 1.42 bits per heavy atom. The van der Waals surface area contributed by atoms with Crippen LogP contribution in [0.25, 0.3) is 0 Å². The Labute approximate surface area is 80.1 Å². The average Bonchev–Trinajstić information content (AvgIpc) is 2.09. The zero-order valence-electron chi connectivity index (χ0n) is 6.50. The predicted octanol–water partition coefficient (Wildman–Crippen LogP) is 1.84. The monoisotopic (exact) mass is 224 g/mol. The van der Waals surface area contributed by atoms with Crippen molar-refractivity contribution in [1.29, 1.82) is 5.26 Å². The second-order valence-corrected chi connectivity index (χ2v) is 3.48. The van der Waals surface area contributed by atoms with Crippen LogP contribution < -0.4 is 5.73 Å². The number of halogens is 1. The lowest BCUT2D eigenvalue weighted by molar-refractivity contribution is 0.823. The van der Waals surface area contributed by atoms with Crippen molar-refractivity contribution in [2.24, 2.45) is 5.73 Å². The topological polar surface area (TPSA) is 49.8 Å². The molecule has 0 saturated carbocycles. The van der Waals surface area contributed by atoms with Crippen LogP contribution in [0.4, 0.5) is 0 Å². The first-order valence-corrected chi connectivity index (χ1v) is 4.41. The molecule has 1 aromatic carbocycles. The third-order valence-electron chi connectivity index (χ3n) is 1.53. The highest BCUT2D eigenvalue weighted by Gasteiger charge is 2.00. The van der Waals surface area contributed by atoms with E-state index in [0.29, 0.717) is 6.42 Å². The van der Waals surface area contributed by atoms with Gasteiger partial charge in [0.25, 0.3) is 0 Å². The normalized spacial score (nSPS) is 12.1. The van der Waals surface area contributed by atoms with E-state index in [2.05, 4.69) is 15.9 Å². The van der Waals surface area contributed by atoms with E-state index in [4.69, 9.17) is 11.0 Å². The quantitative estimate of drug-likeness (QED) is 0.834.